The first-order chi connectivity index (χ1) is 12.6. The zero-order chi connectivity index (χ0) is 18.0. The summed E-state index contributed by atoms with van der Waals surface area (Å²) in [6.45, 7) is 4.45. The van der Waals surface area contributed by atoms with Crippen LogP contribution >= 0.6 is 0 Å². The van der Waals surface area contributed by atoms with E-state index in [9.17, 15) is 4.79 Å². The zero-order valence-electron chi connectivity index (χ0n) is 15.3. The van der Waals surface area contributed by atoms with Gasteiger partial charge in [0, 0.05) is 26.2 Å². The van der Waals surface area contributed by atoms with Gasteiger partial charge in [0.2, 0.25) is 5.91 Å². The molecule has 0 aliphatic carbocycles. The van der Waals surface area contributed by atoms with Crippen LogP contribution in [0, 0.1) is 5.41 Å². The Balaban J connectivity index is 1.37. The number of rotatable bonds is 4. The van der Waals surface area contributed by atoms with Crippen LogP contribution in [0.25, 0.3) is 0 Å². The van der Waals surface area contributed by atoms with Crippen LogP contribution < -0.4 is 0 Å². The summed E-state index contributed by atoms with van der Waals surface area (Å²) in [6.07, 6.45) is 7.50. The lowest BCUT2D eigenvalue weighted by molar-refractivity contribution is -0.140. The number of piperidine rings is 2. The molecular weight excluding hydrogens is 328 g/mol. The Morgan fingerprint density at radius 1 is 1.15 bits per heavy atom. The molecule has 0 aromatic carbocycles. The predicted molar refractivity (Wildman–Crippen MR) is 96.8 cm³/mol. The second-order valence-electron chi connectivity index (χ2n) is 7.71. The van der Waals surface area contributed by atoms with Crippen molar-refractivity contribution in [1.29, 1.82) is 0 Å². The summed E-state index contributed by atoms with van der Waals surface area (Å²) < 4.78 is 1.98. The number of carbonyl (C=O) groups excluding carboxylic acids is 1. The lowest BCUT2D eigenvalue weighted by Crippen LogP contribution is -2.51. The van der Waals surface area contributed by atoms with Crippen LogP contribution in [0.3, 0.4) is 0 Å². The first-order valence-electron chi connectivity index (χ1n) is 9.37. The van der Waals surface area contributed by atoms with E-state index < -0.39 is 0 Å². The van der Waals surface area contributed by atoms with E-state index in [0.717, 1.165) is 57.0 Å². The van der Waals surface area contributed by atoms with Crippen molar-refractivity contribution in [3.8, 4) is 0 Å². The molecule has 0 radical (unpaired) electrons. The molecule has 2 saturated heterocycles. The molecule has 4 rings (SSSR count). The number of hydrogen-bond donors (Lipinski definition) is 0. The number of pyridine rings is 1. The fourth-order valence-electron chi connectivity index (χ4n) is 4.18. The first-order valence-corrected chi connectivity index (χ1v) is 9.37. The third-order valence-corrected chi connectivity index (χ3v) is 5.91. The molecule has 0 atom stereocenters. The Morgan fingerprint density at radius 2 is 2.00 bits per heavy atom. The van der Waals surface area contributed by atoms with Gasteiger partial charge in [-0.1, -0.05) is 6.07 Å². The van der Waals surface area contributed by atoms with Crippen molar-refractivity contribution in [3.05, 3.63) is 42.2 Å². The van der Waals surface area contributed by atoms with Crippen molar-refractivity contribution in [2.45, 2.75) is 38.8 Å². The third-order valence-electron chi connectivity index (χ3n) is 5.91. The molecule has 138 valence electrons. The molecule has 0 N–H and O–H groups in total. The Labute approximate surface area is 154 Å². The van der Waals surface area contributed by atoms with Gasteiger partial charge in [0.05, 0.1) is 18.8 Å². The molecule has 2 fully saturated rings. The smallest absolute Gasteiger partial charge is 0.222 e. The maximum absolute atomic E-state index is 12.4. The Kier molecular flexibility index (Phi) is 4.72. The van der Waals surface area contributed by atoms with Gasteiger partial charge in [-0.25, -0.2) is 0 Å². The molecular formula is C19H26N6O. The highest BCUT2D eigenvalue weighted by Crippen LogP contribution is 2.40. The highest BCUT2D eigenvalue weighted by molar-refractivity contribution is 5.77. The maximum atomic E-state index is 12.4. The van der Waals surface area contributed by atoms with Crippen molar-refractivity contribution < 1.29 is 4.79 Å². The fourth-order valence-corrected chi connectivity index (χ4v) is 4.18. The van der Waals surface area contributed by atoms with Crippen LogP contribution in [-0.4, -0.2) is 55.1 Å². The number of nitrogens with zero attached hydrogens (tertiary/aromatic N) is 6. The molecule has 2 aliphatic rings. The monoisotopic (exact) mass is 354 g/mol. The average Bonchev–Trinajstić information content (AvgIpc) is 3.06. The van der Waals surface area contributed by atoms with Gasteiger partial charge in [-0.2, -0.15) is 0 Å². The first kappa shape index (κ1) is 17.1. The SMILES string of the molecule is Cn1cnnc1CN1CCC2(CCC(=O)N(Cc3ccccn3)C2)CC1. The lowest BCUT2D eigenvalue weighted by atomic mass is 9.72. The molecule has 0 saturated carbocycles. The number of amides is 1. The van der Waals surface area contributed by atoms with E-state index in [4.69, 9.17) is 0 Å². The van der Waals surface area contributed by atoms with Gasteiger partial charge < -0.3 is 9.47 Å². The summed E-state index contributed by atoms with van der Waals surface area (Å²) in [4.78, 5) is 21.3. The maximum Gasteiger partial charge on any atom is 0.222 e. The van der Waals surface area contributed by atoms with Gasteiger partial charge in [0.25, 0.3) is 0 Å². The van der Waals surface area contributed by atoms with Crippen LogP contribution in [0.1, 0.15) is 37.2 Å². The number of carbonyl (C=O) groups is 1. The summed E-state index contributed by atoms with van der Waals surface area (Å²) in [5, 5.41) is 8.16. The molecule has 1 amide bonds. The van der Waals surface area contributed by atoms with Crippen molar-refractivity contribution >= 4 is 5.91 Å². The van der Waals surface area contributed by atoms with Crippen LogP contribution in [0.2, 0.25) is 0 Å². The second kappa shape index (κ2) is 7.15. The van der Waals surface area contributed by atoms with E-state index in [1.54, 1.807) is 12.5 Å². The van der Waals surface area contributed by atoms with Crippen molar-refractivity contribution in [3.63, 3.8) is 0 Å². The van der Waals surface area contributed by atoms with Crippen LogP contribution in [0.15, 0.2) is 30.7 Å². The quantitative estimate of drug-likeness (QED) is 0.835. The van der Waals surface area contributed by atoms with Gasteiger partial charge in [-0.05, 0) is 49.9 Å². The summed E-state index contributed by atoms with van der Waals surface area (Å²) in [5.41, 5.74) is 1.23. The number of aromatic nitrogens is 4. The molecule has 7 nitrogen and oxygen atoms in total. The number of aryl methyl sites for hydroxylation is 1. The minimum absolute atomic E-state index is 0.263. The molecule has 2 aromatic heterocycles. The zero-order valence-corrected chi connectivity index (χ0v) is 15.3. The van der Waals surface area contributed by atoms with Crippen molar-refractivity contribution in [1.82, 2.24) is 29.5 Å². The fraction of sp³-hybridized carbons (Fsp3) is 0.579. The average molecular weight is 354 g/mol. The number of hydrogen-bond acceptors (Lipinski definition) is 5. The summed E-state index contributed by atoms with van der Waals surface area (Å²) in [7, 11) is 1.99. The second-order valence-corrected chi connectivity index (χ2v) is 7.71. The largest absolute Gasteiger partial charge is 0.336 e. The third kappa shape index (κ3) is 3.62. The van der Waals surface area contributed by atoms with E-state index in [1.165, 1.54) is 0 Å². The Morgan fingerprint density at radius 3 is 2.69 bits per heavy atom. The minimum atomic E-state index is 0.263. The molecule has 2 aliphatic heterocycles. The van der Waals surface area contributed by atoms with E-state index in [0.29, 0.717) is 13.0 Å². The molecule has 26 heavy (non-hydrogen) atoms. The highest BCUT2D eigenvalue weighted by Gasteiger charge is 2.41. The van der Waals surface area contributed by atoms with E-state index in [-0.39, 0.29) is 11.3 Å². The van der Waals surface area contributed by atoms with Gasteiger partial charge in [-0.15, -0.1) is 10.2 Å². The van der Waals surface area contributed by atoms with Crippen molar-refractivity contribution in [2.75, 3.05) is 19.6 Å². The van der Waals surface area contributed by atoms with Gasteiger partial charge in [0.15, 0.2) is 0 Å². The molecule has 0 unspecified atom stereocenters. The summed E-state index contributed by atoms with van der Waals surface area (Å²) in [6, 6.07) is 5.89. The normalized spacial score (nSPS) is 20.7. The van der Waals surface area contributed by atoms with Gasteiger partial charge >= 0.3 is 0 Å². The predicted octanol–water partition coefficient (Wildman–Crippen LogP) is 1.61. The molecule has 1 spiro atoms. The Bertz CT molecular complexity index is 750. The standard InChI is InChI=1S/C19H26N6O/c1-23-15-21-22-17(23)13-24-10-7-19(8-11-24)6-5-18(26)25(14-19)12-16-4-2-3-9-20-16/h2-4,9,15H,5-8,10-14H2,1H3. The summed E-state index contributed by atoms with van der Waals surface area (Å²) >= 11 is 0. The molecule has 4 heterocycles. The molecule has 0 bridgehead atoms. The van der Waals surface area contributed by atoms with E-state index in [2.05, 4.69) is 20.1 Å². The molecule has 2 aromatic rings. The van der Waals surface area contributed by atoms with E-state index in [1.807, 2.05) is 34.7 Å². The highest BCUT2D eigenvalue weighted by atomic mass is 16.2. The van der Waals surface area contributed by atoms with Gasteiger partial charge in [0.1, 0.15) is 12.2 Å². The van der Waals surface area contributed by atoms with Crippen molar-refractivity contribution in [2.24, 2.45) is 12.5 Å². The number of likely N-dealkylation sites (tertiary alicyclic amines) is 2. The van der Waals surface area contributed by atoms with Crippen LogP contribution in [0.4, 0.5) is 0 Å². The Hall–Kier alpha value is -2.28. The summed E-state index contributed by atoms with van der Waals surface area (Å²) in [5.74, 6) is 1.28. The lowest BCUT2D eigenvalue weighted by Gasteiger charge is -2.47. The van der Waals surface area contributed by atoms with Crippen LogP contribution in [-0.2, 0) is 24.9 Å². The molecule has 7 heteroatoms. The minimum Gasteiger partial charge on any atom is -0.336 e. The van der Waals surface area contributed by atoms with Gasteiger partial charge in [-0.3, -0.25) is 14.7 Å². The van der Waals surface area contributed by atoms with E-state index >= 15 is 0 Å². The topological polar surface area (TPSA) is 67.2 Å². The van der Waals surface area contributed by atoms with Crippen LogP contribution in [0.5, 0.6) is 0 Å².